The molecule has 0 aliphatic carbocycles. The van der Waals surface area contributed by atoms with Gasteiger partial charge in [0.1, 0.15) is 11.4 Å². The first kappa shape index (κ1) is 25.4. The molecule has 2 aliphatic rings. The predicted molar refractivity (Wildman–Crippen MR) is 127 cm³/mol. The first-order valence-corrected chi connectivity index (χ1v) is 12.2. The van der Waals surface area contributed by atoms with Gasteiger partial charge >= 0.3 is 6.18 Å². The van der Waals surface area contributed by atoms with Crippen LogP contribution in [0.25, 0.3) is 0 Å². The van der Waals surface area contributed by atoms with E-state index in [1.807, 2.05) is 0 Å². The highest BCUT2D eigenvalue weighted by Crippen LogP contribution is 2.39. The number of carbonyl (C=O) groups is 1. The molecule has 1 aromatic heterocycles. The van der Waals surface area contributed by atoms with Crippen molar-refractivity contribution in [3.63, 3.8) is 0 Å². The molecule has 2 aliphatic heterocycles. The molecule has 0 bridgehead atoms. The Labute approximate surface area is 204 Å². The van der Waals surface area contributed by atoms with Gasteiger partial charge in [-0.1, -0.05) is 6.07 Å². The summed E-state index contributed by atoms with van der Waals surface area (Å²) >= 11 is 0. The fourth-order valence-corrected chi connectivity index (χ4v) is 5.24. The van der Waals surface area contributed by atoms with Gasteiger partial charge in [0.15, 0.2) is 0 Å². The molecule has 2 atom stereocenters. The lowest BCUT2D eigenvalue weighted by molar-refractivity contribution is -0.141. The summed E-state index contributed by atoms with van der Waals surface area (Å²) in [5, 5.41) is 0. The highest BCUT2D eigenvalue weighted by atomic mass is 19.4. The van der Waals surface area contributed by atoms with E-state index in [9.17, 15) is 18.0 Å². The van der Waals surface area contributed by atoms with E-state index in [0.717, 1.165) is 55.8 Å². The van der Waals surface area contributed by atoms with Crippen LogP contribution in [0.3, 0.4) is 0 Å². The minimum atomic E-state index is -4.52. The maximum absolute atomic E-state index is 13.0. The standard InChI is InChI=1S/C26H33F3N4O2/c1-17-18(2)23(35-14-4-11-30)9-8-21(17)22-6-3-5-20-16-32(12-13-33(20)22)25(34)19-7-10-24(31-15-19)26(27,28)29/h7-10,15,20,22H,3-6,11-14,16,30H2,1-2H3/t20?,22-/m1/s1. The monoisotopic (exact) mass is 490 g/mol. The van der Waals surface area contributed by atoms with Crippen molar-refractivity contribution in [1.29, 1.82) is 0 Å². The molecule has 190 valence electrons. The van der Waals surface area contributed by atoms with Gasteiger partial charge in [-0.3, -0.25) is 14.7 Å². The predicted octanol–water partition coefficient (Wildman–Crippen LogP) is 4.50. The molecule has 1 aromatic carbocycles. The Morgan fingerprint density at radius 3 is 2.63 bits per heavy atom. The molecule has 0 saturated carbocycles. The topological polar surface area (TPSA) is 71.7 Å². The number of ether oxygens (including phenoxy) is 1. The number of hydrogen-bond donors (Lipinski definition) is 1. The van der Waals surface area contributed by atoms with Crippen LogP contribution in [-0.2, 0) is 6.18 Å². The highest BCUT2D eigenvalue weighted by Gasteiger charge is 2.38. The molecule has 1 amide bonds. The number of fused-ring (bicyclic) bond motifs is 1. The zero-order valence-electron chi connectivity index (χ0n) is 20.3. The number of amides is 1. The minimum absolute atomic E-state index is 0.190. The van der Waals surface area contributed by atoms with E-state index in [0.29, 0.717) is 26.2 Å². The second-order valence-electron chi connectivity index (χ2n) is 9.41. The van der Waals surface area contributed by atoms with Gasteiger partial charge in [-0.15, -0.1) is 0 Å². The van der Waals surface area contributed by atoms with Crippen molar-refractivity contribution in [2.24, 2.45) is 5.73 Å². The van der Waals surface area contributed by atoms with Crippen molar-refractivity contribution in [3.05, 3.63) is 58.4 Å². The van der Waals surface area contributed by atoms with Crippen LogP contribution in [0, 0.1) is 13.8 Å². The fourth-order valence-electron chi connectivity index (χ4n) is 5.24. The van der Waals surface area contributed by atoms with Gasteiger partial charge in [0.2, 0.25) is 0 Å². The van der Waals surface area contributed by atoms with Crippen molar-refractivity contribution < 1.29 is 22.7 Å². The zero-order chi connectivity index (χ0) is 25.2. The Balaban J connectivity index is 1.45. The molecule has 2 fully saturated rings. The van der Waals surface area contributed by atoms with Gasteiger partial charge < -0.3 is 15.4 Å². The van der Waals surface area contributed by atoms with Crippen LogP contribution >= 0.6 is 0 Å². The molecule has 2 aromatic rings. The van der Waals surface area contributed by atoms with Crippen LogP contribution in [0.4, 0.5) is 13.2 Å². The highest BCUT2D eigenvalue weighted by molar-refractivity contribution is 5.94. The van der Waals surface area contributed by atoms with E-state index in [1.54, 1.807) is 4.90 Å². The molecule has 6 nitrogen and oxygen atoms in total. The number of nitrogens with zero attached hydrogens (tertiary/aromatic N) is 3. The normalized spacial score (nSPS) is 21.0. The average Bonchev–Trinajstić information content (AvgIpc) is 2.85. The molecule has 0 spiro atoms. The number of carbonyl (C=O) groups excluding carboxylic acids is 1. The number of halogens is 3. The summed E-state index contributed by atoms with van der Waals surface area (Å²) in [5.74, 6) is 0.631. The number of alkyl halides is 3. The van der Waals surface area contributed by atoms with E-state index in [4.69, 9.17) is 10.5 Å². The fraction of sp³-hybridized carbons (Fsp3) is 0.538. The molecular weight excluding hydrogens is 457 g/mol. The molecule has 9 heteroatoms. The molecule has 35 heavy (non-hydrogen) atoms. The third kappa shape index (κ3) is 5.46. The largest absolute Gasteiger partial charge is 0.493 e. The van der Waals surface area contributed by atoms with Crippen LogP contribution in [0.2, 0.25) is 0 Å². The molecule has 3 heterocycles. The Bertz CT molecular complexity index is 1040. The summed E-state index contributed by atoms with van der Waals surface area (Å²) < 4.78 is 44.3. The summed E-state index contributed by atoms with van der Waals surface area (Å²) in [6.45, 7) is 7.25. The first-order chi connectivity index (χ1) is 16.7. The first-order valence-electron chi connectivity index (χ1n) is 12.2. The average molecular weight is 491 g/mol. The van der Waals surface area contributed by atoms with Gasteiger partial charge in [0.25, 0.3) is 5.91 Å². The van der Waals surface area contributed by atoms with Gasteiger partial charge in [0.05, 0.1) is 12.2 Å². The van der Waals surface area contributed by atoms with Crippen LogP contribution in [0.15, 0.2) is 30.5 Å². The minimum Gasteiger partial charge on any atom is -0.493 e. The molecule has 2 saturated heterocycles. The van der Waals surface area contributed by atoms with E-state index in [1.165, 1.54) is 17.2 Å². The molecular formula is C26H33F3N4O2. The van der Waals surface area contributed by atoms with E-state index < -0.39 is 11.9 Å². The van der Waals surface area contributed by atoms with Crippen molar-refractivity contribution in [3.8, 4) is 5.75 Å². The molecule has 2 N–H and O–H groups in total. The van der Waals surface area contributed by atoms with Crippen LogP contribution < -0.4 is 10.5 Å². The van der Waals surface area contributed by atoms with Crippen molar-refractivity contribution in [1.82, 2.24) is 14.8 Å². The number of hydrogen-bond acceptors (Lipinski definition) is 5. The lowest BCUT2D eigenvalue weighted by atomic mass is 9.86. The molecule has 1 unspecified atom stereocenters. The lowest BCUT2D eigenvalue weighted by Gasteiger charge is -2.48. The van der Waals surface area contributed by atoms with E-state index in [-0.39, 0.29) is 23.6 Å². The van der Waals surface area contributed by atoms with Crippen LogP contribution in [0.5, 0.6) is 5.75 Å². The number of nitrogens with two attached hydrogens (primary N) is 1. The number of piperazine rings is 1. The van der Waals surface area contributed by atoms with Crippen molar-refractivity contribution in [2.75, 3.05) is 32.8 Å². The Hall–Kier alpha value is -2.65. The smallest absolute Gasteiger partial charge is 0.433 e. The SMILES string of the molecule is Cc1c(OCCCN)ccc([C@H]2CCCC3CN(C(=O)c4ccc(C(F)(F)F)nc4)CCN32)c1C. The molecule has 0 radical (unpaired) electrons. The van der Waals surface area contributed by atoms with Crippen LogP contribution in [0.1, 0.15) is 64.5 Å². The number of aromatic nitrogens is 1. The number of pyridine rings is 1. The third-order valence-electron chi connectivity index (χ3n) is 7.28. The van der Waals surface area contributed by atoms with Gasteiger partial charge in [0, 0.05) is 37.9 Å². The van der Waals surface area contributed by atoms with Crippen molar-refractivity contribution in [2.45, 2.75) is 57.8 Å². The summed E-state index contributed by atoms with van der Waals surface area (Å²) in [6.07, 6.45) is 0.434. The molecule has 4 rings (SSSR count). The van der Waals surface area contributed by atoms with Gasteiger partial charge in [-0.25, -0.2) is 0 Å². The third-order valence-corrected chi connectivity index (χ3v) is 7.28. The van der Waals surface area contributed by atoms with Crippen LogP contribution in [-0.4, -0.2) is 59.5 Å². The summed E-state index contributed by atoms with van der Waals surface area (Å²) in [5.41, 5.74) is 8.45. The Kier molecular flexibility index (Phi) is 7.66. The Morgan fingerprint density at radius 2 is 1.94 bits per heavy atom. The summed E-state index contributed by atoms with van der Waals surface area (Å²) in [6, 6.07) is 6.80. The van der Waals surface area contributed by atoms with Gasteiger partial charge in [-0.2, -0.15) is 13.2 Å². The van der Waals surface area contributed by atoms with E-state index >= 15 is 0 Å². The van der Waals surface area contributed by atoms with Crippen molar-refractivity contribution >= 4 is 5.91 Å². The second kappa shape index (κ2) is 10.5. The second-order valence-corrected chi connectivity index (χ2v) is 9.41. The summed E-state index contributed by atoms with van der Waals surface area (Å²) in [7, 11) is 0. The lowest BCUT2D eigenvalue weighted by Crippen LogP contribution is -2.57. The van der Waals surface area contributed by atoms with Gasteiger partial charge in [-0.05, 0) is 81.0 Å². The summed E-state index contributed by atoms with van der Waals surface area (Å²) in [4.78, 5) is 20.7. The maximum atomic E-state index is 13.0. The number of benzene rings is 1. The number of piperidine rings is 1. The zero-order valence-corrected chi connectivity index (χ0v) is 20.3. The van der Waals surface area contributed by atoms with E-state index in [2.05, 4.69) is 35.9 Å². The number of rotatable bonds is 6. The quantitative estimate of drug-likeness (QED) is 0.604. The Morgan fingerprint density at radius 1 is 1.14 bits per heavy atom. The maximum Gasteiger partial charge on any atom is 0.433 e.